The molecule has 1 atom stereocenters. The summed E-state index contributed by atoms with van der Waals surface area (Å²) in [5.74, 6) is -0.300. The average Bonchev–Trinajstić information content (AvgIpc) is 2.96. The smallest absolute Gasteiger partial charge is 0.264 e. The Balaban J connectivity index is 2.05. The summed E-state index contributed by atoms with van der Waals surface area (Å²) in [4.78, 5) is 28.6. The van der Waals surface area contributed by atoms with Gasteiger partial charge in [-0.15, -0.1) is 0 Å². The van der Waals surface area contributed by atoms with E-state index in [2.05, 4.69) is 5.32 Å². The predicted octanol–water partition coefficient (Wildman–Crippen LogP) is 4.88. The highest BCUT2D eigenvalue weighted by atomic mass is 35.5. The fourth-order valence-corrected chi connectivity index (χ4v) is 5.72. The van der Waals surface area contributed by atoms with Crippen LogP contribution in [0.2, 0.25) is 5.02 Å². The van der Waals surface area contributed by atoms with Crippen LogP contribution in [0, 0.1) is 0 Å². The van der Waals surface area contributed by atoms with Crippen LogP contribution in [-0.4, -0.2) is 51.4 Å². The number of nitrogens with zero attached hydrogens (tertiary/aromatic N) is 2. The molecule has 0 aliphatic heterocycles. The molecule has 208 valence electrons. The highest BCUT2D eigenvalue weighted by Crippen LogP contribution is 2.27. The lowest BCUT2D eigenvalue weighted by Crippen LogP contribution is -2.52. The van der Waals surface area contributed by atoms with Crippen molar-refractivity contribution in [2.24, 2.45) is 0 Å². The Morgan fingerprint density at radius 3 is 2.18 bits per heavy atom. The number of amides is 2. The Morgan fingerprint density at radius 2 is 1.59 bits per heavy atom. The number of rotatable bonds is 13. The predicted molar refractivity (Wildman–Crippen MR) is 153 cm³/mol. The van der Waals surface area contributed by atoms with Gasteiger partial charge in [-0.1, -0.05) is 61.8 Å². The number of carbonyl (C=O) groups is 2. The van der Waals surface area contributed by atoms with Crippen molar-refractivity contribution in [3.05, 3.63) is 89.4 Å². The molecule has 8 nitrogen and oxygen atoms in total. The second-order valence-corrected chi connectivity index (χ2v) is 11.1. The van der Waals surface area contributed by atoms with E-state index in [-0.39, 0.29) is 23.0 Å². The Labute approximate surface area is 235 Å². The minimum atomic E-state index is -4.13. The molecule has 3 aromatic carbocycles. The fraction of sp³-hybridized carbons (Fsp3) is 0.310. The first-order valence-electron chi connectivity index (χ1n) is 12.7. The molecular weight excluding hydrogens is 538 g/mol. The first-order chi connectivity index (χ1) is 18.7. The number of benzene rings is 3. The standard InChI is InChI=1S/C29H34ClN3O5S/c1-4-19-31-29(35)27(5-2)32(20-22-11-9-10-14-26(22)30)28(34)21-33(23-15-17-24(38-3)18-16-23)39(36,37)25-12-7-6-8-13-25/h6-18,27H,4-5,19-21H2,1-3H3,(H,31,35). The first kappa shape index (κ1) is 30.0. The van der Waals surface area contributed by atoms with Gasteiger partial charge in [0.25, 0.3) is 10.0 Å². The fourth-order valence-electron chi connectivity index (χ4n) is 4.09. The quantitative estimate of drug-likeness (QED) is 0.315. The number of hydrogen-bond donors (Lipinski definition) is 1. The number of anilines is 1. The number of halogens is 1. The summed E-state index contributed by atoms with van der Waals surface area (Å²) in [6.45, 7) is 3.73. The summed E-state index contributed by atoms with van der Waals surface area (Å²) in [5, 5.41) is 3.31. The third-order valence-electron chi connectivity index (χ3n) is 6.20. The van der Waals surface area contributed by atoms with Gasteiger partial charge < -0.3 is 15.0 Å². The molecular formula is C29H34ClN3O5S. The van der Waals surface area contributed by atoms with Crippen LogP contribution in [0.4, 0.5) is 5.69 Å². The minimum absolute atomic E-state index is 0.0401. The Morgan fingerprint density at radius 1 is 0.949 bits per heavy atom. The molecule has 1 unspecified atom stereocenters. The lowest BCUT2D eigenvalue weighted by atomic mass is 10.1. The molecule has 2 amide bonds. The number of methoxy groups -OCH3 is 1. The Hall–Kier alpha value is -3.56. The van der Waals surface area contributed by atoms with Crippen molar-refractivity contribution >= 4 is 39.1 Å². The first-order valence-corrected chi connectivity index (χ1v) is 14.6. The molecule has 0 heterocycles. The van der Waals surface area contributed by atoms with Crippen molar-refractivity contribution < 1.29 is 22.7 Å². The number of sulfonamides is 1. The van der Waals surface area contributed by atoms with E-state index < -0.39 is 28.5 Å². The number of carbonyl (C=O) groups excluding carboxylic acids is 2. The van der Waals surface area contributed by atoms with Crippen molar-refractivity contribution in [1.82, 2.24) is 10.2 Å². The lowest BCUT2D eigenvalue weighted by molar-refractivity contribution is -0.140. The van der Waals surface area contributed by atoms with Crippen LogP contribution >= 0.6 is 11.6 Å². The van der Waals surface area contributed by atoms with E-state index in [9.17, 15) is 18.0 Å². The maximum Gasteiger partial charge on any atom is 0.264 e. The second-order valence-electron chi connectivity index (χ2n) is 8.85. The molecule has 0 bridgehead atoms. The zero-order chi connectivity index (χ0) is 28.4. The monoisotopic (exact) mass is 571 g/mol. The minimum Gasteiger partial charge on any atom is -0.497 e. The molecule has 10 heteroatoms. The third kappa shape index (κ3) is 7.52. The van der Waals surface area contributed by atoms with Crippen LogP contribution < -0.4 is 14.4 Å². The van der Waals surface area contributed by atoms with Crippen molar-refractivity contribution in [3.8, 4) is 5.75 Å². The molecule has 0 aliphatic rings. The summed E-state index contributed by atoms with van der Waals surface area (Å²) < 4.78 is 33.9. The number of ether oxygens (including phenoxy) is 1. The van der Waals surface area contributed by atoms with Crippen molar-refractivity contribution in [1.29, 1.82) is 0 Å². The maximum absolute atomic E-state index is 14.0. The van der Waals surface area contributed by atoms with Crippen molar-refractivity contribution in [2.45, 2.75) is 44.2 Å². The van der Waals surface area contributed by atoms with Crippen LogP contribution in [0.3, 0.4) is 0 Å². The van der Waals surface area contributed by atoms with Crippen LogP contribution in [0.15, 0.2) is 83.8 Å². The molecule has 0 fully saturated rings. The molecule has 0 aromatic heterocycles. The zero-order valence-electron chi connectivity index (χ0n) is 22.3. The molecule has 0 saturated carbocycles. The lowest BCUT2D eigenvalue weighted by Gasteiger charge is -2.33. The second kappa shape index (κ2) is 14.0. The van der Waals surface area contributed by atoms with Crippen LogP contribution in [0.5, 0.6) is 5.75 Å². The average molecular weight is 572 g/mol. The largest absolute Gasteiger partial charge is 0.497 e. The molecule has 39 heavy (non-hydrogen) atoms. The molecule has 0 radical (unpaired) electrons. The van der Waals surface area contributed by atoms with E-state index in [1.54, 1.807) is 66.7 Å². The maximum atomic E-state index is 14.0. The van der Waals surface area contributed by atoms with Gasteiger partial charge in [0, 0.05) is 18.1 Å². The van der Waals surface area contributed by atoms with E-state index in [0.717, 1.165) is 10.7 Å². The van der Waals surface area contributed by atoms with Crippen LogP contribution in [-0.2, 0) is 26.2 Å². The van der Waals surface area contributed by atoms with Gasteiger partial charge in [0.15, 0.2) is 0 Å². The molecule has 0 saturated heterocycles. The van der Waals surface area contributed by atoms with Gasteiger partial charge in [-0.3, -0.25) is 13.9 Å². The zero-order valence-corrected chi connectivity index (χ0v) is 23.9. The van der Waals surface area contributed by atoms with Crippen LogP contribution in [0.25, 0.3) is 0 Å². The van der Waals surface area contributed by atoms with Gasteiger partial charge in [-0.2, -0.15) is 0 Å². The summed E-state index contributed by atoms with van der Waals surface area (Å²) in [7, 11) is -2.62. The molecule has 3 rings (SSSR count). The van der Waals surface area contributed by atoms with Crippen molar-refractivity contribution in [2.75, 3.05) is 24.5 Å². The number of hydrogen-bond acceptors (Lipinski definition) is 5. The topological polar surface area (TPSA) is 96.0 Å². The van der Waals surface area contributed by atoms with E-state index >= 15 is 0 Å². The molecule has 0 spiro atoms. The van der Waals surface area contributed by atoms with E-state index in [1.165, 1.54) is 24.1 Å². The van der Waals surface area contributed by atoms with Gasteiger partial charge in [-0.05, 0) is 60.9 Å². The summed E-state index contributed by atoms with van der Waals surface area (Å²) in [6.07, 6.45) is 1.07. The highest BCUT2D eigenvalue weighted by molar-refractivity contribution is 7.92. The summed E-state index contributed by atoms with van der Waals surface area (Å²) in [5.41, 5.74) is 0.936. The van der Waals surface area contributed by atoms with Crippen molar-refractivity contribution in [3.63, 3.8) is 0 Å². The molecule has 3 aromatic rings. The highest BCUT2D eigenvalue weighted by Gasteiger charge is 2.33. The van der Waals surface area contributed by atoms with E-state index in [1.807, 2.05) is 13.8 Å². The SMILES string of the molecule is CCCNC(=O)C(CC)N(Cc1ccccc1Cl)C(=O)CN(c1ccc(OC)cc1)S(=O)(=O)c1ccccc1. The summed E-state index contributed by atoms with van der Waals surface area (Å²) in [6, 6.07) is 20.6. The van der Waals surface area contributed by atoms with Gasteiger partial charge in [0.05, 0.1) is 17.7 Å². The Kier molecular flexibility index (Phi) is 10.8. The molecule has 0 aliphatic carbocycles. The molecule has 1 N–H and O–H groups in total. The van der Waals surface area contributed by atoms with Gasteiger partial charge in [-0.25, -0.2) is 8.42 Å². The van der Waals surface area contributed by atoms with Crippen LogP contribution in [0.1, 0.15) is 32.3 Å². The van der Waals surface area contributed by atoms with Gasteiger partial charge in [0.2, 0.25) is 11.8 Å². The summed E-state index contributed by atoms with van der Waals surface area (Å²) >= 11 is 6.41. The van der Waals surface area contributed by atoms with Gasteiger partial charge in [0.1, 0.15) is 18.3 Å². The number of nitrogens with one attached hydrogen (secondary N) is 1. The van der Waals surface area contributed by atoms with E-state index in [4.69, 9.17) is 16.3 Å². The van der Waals surface area contributed by atoms with Gasteiger partial charge >= 0.3 is 0 Å². The van der Waals surface area contributed by atoms with E-state index in [0.29, 0.717) is 29.3 Å². The third-order valence-corrected chi connectivity index (χ3v) is 8.36. The Bertz CT molecular complexity index is 1350. The normalized spacial score (nSPS) is 11.9.